The second-order valence-corrected chi connectivity index (χ2v) is 3.42. The van der Waals surface area contributed by atoms with Crippen LogP contribution in [0.5, 0.6) is 0 Å². The summed E-state index contributed by atoms with van der Waals surface area (Å²) in [6, 6.07) is 7.68. The van der Waals surface area contributed by atoms with E-state index in [1.165, 1.54) is 0 Å². The number of Topliss-reactive ketones (excluding diaryl/α,β-unsaturated/α-hetero) is 1. The number of carboxylic acid groups (broad SMARTS) is 1. The van der Waals surface area contributed by atoms with Crippen molar-refractivity contribution >= 4 is 17.8 Å². The van der Waals surface area contributed by atoms with Gasteiger partial charge in [-0.25, -0.2) is 4.79 Å². The number of aliphatic carboxylic acids is 1. The van der Waals surface area contributed by atoms with Crippen LogP contribution >= 0.6 is 0 Å². The molecule has 1 aliphatic carbocycles. The van der Waals surface area contributed by atoms with Crippen LogP contribution in [-0.2, 0) is 4.79 Å². The van der Waals surface area contributed by atoms with Crippen LogP contribution in [0.15, 0.2) is 30.3 Å². The lowest BCUT2D eigenvalue weighted by Crippen LogP contribution is -2.21. The van der Waals surface area contributed by atoms with E-state index in [2.05, 4.69) is 0 Å². The number of rotatable bonds is 0. The number of halogens is 3. The minimum absolute atomic E-state index is 0.225. The summed E-state index contributed by atoms with van der Waals surface area (Å²) in [5, 5.41) is 7.12. The second kappa shape index (κ2) is 5.48. The summed E-state index contributed by atoms with van der Waals surface area (Å²) in [5.41, 5.74) is 1.90. The summed E-state index contributed by atoms with van der Waals surface area (Å²) in [5.74, 6) is -2.53. The highest BCUT2D eigenvalue weighted by Crippen LogP contribution is 2.17. The van der Waals surface area contributed by atoms with Crippen molar-refractivity contribution in [3.05, 3.63) is 41.5 Å². The van der Waals surface area contributed by atoms with E-state index in [1.807, 2.05) is 36.4 Å². The van der Waals surface area contributed by atoms with Gasteiger partial charge in [0.15, 0.2) is 5.78 Å². The SMILES string of the molecule is O=C(O)C(F)(F)F.O=C1CC=Cc2ccccc21. The fourth-order valence-corrected chi connectivity index (χ4v) is 1.30. The molecule has 1 aliphatic rings. The molecule has 0 spiro atoms. The van der Waals surface area contributed by atoms with E-state index in [4.69, 9.17) is 9.90 Å². The van der Waals surface area contributed by atoms with Crippen molar-refractivity contribution in [2.75, 3.05) is 0 Å². The smallest absolute Gasteiger partial charge is 0.475 e. The summed E-state index contributed by atoms with van der Waals surface area (Å²) >= 11 is 0. The summed E-state index contributed by atoms with van der Waals surface area (Å²) < 4.78 is 31.7. The average molecular weight is 258 g/mol. The Kier molecular flexibility index (Phi) is 4.25. The van der Waals surface area contributed by atoms with Gasteiger partial charge in [-0.3, -0.25) is 4.79 Å². The highest BCUT2D eigenvalue weighted by atomic mass is 19.4. The first-order valence-electron chi connectivity index (χ1n) is 4.91. The van der Waals surface area contributed by atoms with Gasteiger partial charge in [-0.1, -0.05) is 36.4 Å². The lowest BCUT2D eigenvalue weighted by molar-refractivity contribution is -0.192. The van der Waals surface area contributed by atoms with Crippen LogP contribution in [0, 0.1) is 0 Å². The number of hydrogen-bond acceptors (Lipinski definition) is 2. The van der Waals surface area contributed by atoms with Crippen LogP contribution in [0.4, 0.5) is 13.2 Å². The predicted molar refractivity (Wildman–Crippen MR) is 58.1 cm³/mol. The number of carbonyl (C=O) groups is 2. The molecular weight excluding hydrogens is 249 g/mol. The van der Waals surface area contributed by atoms with Gasteiger partial charge in [0.2, 0.25) is 0 Å². The zero-order valence-electron chi connectivity index (χ0n) is 9.07. The second-order valence-electron chi connectivity index (χ2n) is 3.42. The van der Waals surface area contributed by atoms with Crippen LogP contribution in [0.1, 0.15) is 22.3 Å². The quantitative estimate of drug-likeness (QED) is 0.778. The first-order chi connectivity index (χ1) is 8.32. The third-order valence-corrected chi connectivity index (χ3v) is 2.10. The van der Waals surface area contributed by atoms with E-state index in [9.17, 15) is 18.0 Å². The van der Waals surface area contributed by atoms with Gasteiger partial charge >= 0.3 is 12.1 Å². The van der Waals surface area contributed by atoms with Gasteiger partial charge < -0.3 is 5.11 Å². The molecule has 18 heavy (non-hydrogen) atoms. The zero-order chi connectivity index (χ0) is 13.8. The topological polar surface area (TPSA) is 54.4 Å². The molecule has 6 heteroatoms. The van der Waals surface area contributed by atoms with E-state index in [0.717, 1.165) is 11.1 Å². The van der Waals surface area contributed by atoms with Crippen molar-refractivity contribution in [2.45, 2.75) is 12.6 Å². The Hall–Kier alpha value is -2.11. The maximum atomic E-state index is 11.2. The molecule has 96 valence electrons. The third-order valence-electron chi connectivity index (χ3n) is 2.10. The zero-order valence-corrected chi connectivity index (χ0v) is 9.07. The fraction of sp³-hybridized carbons (Fsp3) is 0.167. The maximum absolute atomic E-state index is 11.2. The monoisotopic (exact) mass is 258 g/mol. The third kappa shape index (κ3) is 3.73. The fourth-order valence-electron chi connectivity index (χ4n) is 1.30. The molecule has 0 fully saturated rings. The van der Waals surface area contributed by atoms with Crippen molar-refractivity contribution < 1.29 is 27.9 Å². The molecule has 1 aromatic carbocycles. The van der Waals surface area contributed by atoms with Crippen LogP contribution in [0.25, 0.3) is 6.08 Å². The van der Waals surface area contributed by atoms with E-state index in [1.54, 1.807) is 0 Å². The molecule has 0 saturated carbocycles. The molecule has 0 saturated heterocycles. The molecule has 0 bridgehead atoms. The van der Waals surface area contributed by atoms with Gasteiger partial charge in [-0.2, -0.15) is 13.2 Å². The van der Waals surface area contributed by atoms with Gasteiger partial charge in [0, 0.05) is 12.0 Å². The summed E-state index contributed by atoms with van der Waals surface area (Å²) in [7, 11) is 0. The van der Waals surface area contributed by atoms with E-state index in [-0.39, 0.29) is 5.78 Å². The number of carbonyl (C=O) groups excluding carboxylic acids is 1. The average Bonchev–Trinajstić information content (AvgIpc) is 2.29. The Balaban J connectivity index is 0.000000203. The first kappa shape index (κ1) is 14.0. The van der Waals surface area contributed by atoms with Gasteiger partial charge in [0.1, 0.15) is 0 Å². The molecule has 0 radical (unpaired) electrons. The van der Waals surface area contributed by atoms with Crippen molar-refractivity contribution in [1.82, 2.24) is 0 Å². The summed E-state index contributed by atoms with van der Waals surface area (Å²) in [4.78, 5) is 20.1. The molecule has 0 aromatic heterocycles. The Morgan fingerprint density at radius 1 is 1.22 bits per heavy atom. The molecule has 0 atom stereocenters. The minimum atomic E-state index is -5.08. The number of benzene rings is 1. The van der Waals surface area contributed by atoms with Crippen LogP contribution < -0.4 is 0 Å². The van der Waals surface area contributed by atoms with Crippen LogP contribution in [-0.4, -0.2) is 23.0 Å². The molecule has 0 amide bonds. The molecule has 2 rings (SSSR count). The number of carboxylic acids is 1. The van der Waals surface area contributed by atoms with E-state index < -0.39 is 12.1 Å². The number of allylic oxidation sites excluding steroid dienone is 1. The van der Waals surface area contributed by atoms with Crippen molar-refractivity contribution in [3.63, 3.8) is 0 Å². The summed E-state index contributed by atoms with van der Waals surface area (Å²) in [6.45, 7) is 0. The lowest BCUT2D eigenvalue weighted by Gasteiger charge is -2.07. The van der Waals surface area contributed by atoms with Crippen molar-refractivity contribution in [1.29, 1.82) is 0 Å². The Bertz CT molecular complexity index is 490. The van der Waals surface area contributed by atoms with E-state index in [0.29, 0.717) is 6.42 Å². The number of fused-ring (bicyclic) bond motifs is 1. The number of ketones is 1. The minimum Gasteiger partial charge on any atom is -0.475 e. The van der Waals surface area contributed by atoms with Crippen LogP contribution in [0.3, 0.4) is 0 Å². The van der Waals surface area contributed by atoms with Crippen molar-refractivity contribution in [2.24, 2.45) is 0 Å². The Morgan fingerprint density at radius 2 is 1.78 bits per heavy atom. The summed E-state index contributed by atoms with van der Waals surface area (Å²) in [6.07, 6.45) is -0.627. The maximum Gasteiger partial charge on any atom is 0.490 e. The molecule has 3 nitrogen and oxygen atoms in total. The standard InChI is InChI=1S/C10H8O.C2HF3O2/c11-10-7-3-5-8-4-1-2-6-9(8)10;3-2(4,5)1(6)7/h1-6H,7H2;(H,6,7). The lowest BCUT2D eigenvalue weighted by atomic mass is 9.97. The van der Waals surface area contributed by atoms with Gasteiger partial charge in [0.05, 0.1) is 0 Å². The molecule has 1 aromatic rings. The highest BCUT2D eigenvalue weighted by molar-refractivity contribution is 6.02. The Morgan fingerprint density at radius 3 is 2.28 bits per heavy atom. The highest BCUT2D eigenvalue weighted by Gasteiger charge is 2.38. The van der Waals surface area contributed by atoms with Crippen LogP contribution in [0.2, 0.25) is 0 Å². The molecular formula is C12H9F3O3. The predicted octanol–water partition coefficient (Wildman–Crippen LogP) is 2.92. The number of hydrogen-bond donors (Lipinski definition) is 1. The number of alkyl halides is 3. The van der Waals surface area contributed by atoms with Gasteiger partial charge in [0.25, 0.3) is 0 Å². The largest absolute Gasteiger partial charge is 0.490 e. The molecule has 0 heterocycles. The van der Waals surface area contributed by atoms with Gasteiger partial charge in [-0.15, -0.1) is 0 Å². The molecule has 0 unspecified atom stereocenters. The Labute approximate surface area is 101 Å². The molecule has 1 N–H and O–H groups in total. The van der Waals surface area contributed by atoms with Crippen molar-refractivity contribution in [3.8, 4) is 0 Å². The normalized spacial score (nSPS) is 13.4. The van der Waals surface area contributed by atoms with E-state index >= 15 is 0 Å². The first-order valence-corrected chi connectivity index (χ1v) is 4.91. The van der Waals surface area contributed by atoms with Gasteiger partial charge in [-0.05, 0) is 5.56 Å². The molecule has 0 aliphatic heterocycles.